The first-order valence-corrected chi connectivity index (χ1v) is 5.30. The Bertz CT molecular complexity index is 424. The molecule has 0 aliphatic rings. The van der Waals surface area contributed by atoms with E-state index >= 15 is 0 Å². The van der Waals surface area contributed by atoms with Crippen molar-refractivity contribution in [1.82, 2.24) is 0 Å². The lowest BCUT2D eigenvalue weighted by molar-refractivity contribution is -0.137. The number of nitrogens with zero attached hydrogens (tertiary/aromatic N) is 1. The molecule has 0 fully saturated rings. The highest BCUT2D eigenvalue weighted by molar-refractivity contribution is 6.30. The van der Waals surface area contributed by atoms with Crippen LogP contribution in [0.1, 0.15) is 18.4 Å². The van der Waals surface area contributed by atoms with Gasteiger partial charge >= 0.3 is 6.18 Å². The lowest BCUT2D eigenvalue weighted by atomic mass is 10.2. The summed E-state index contributed by atoms with van der Waals surface area (Å²) >= 11 is 5.60. The maximum absolute atomic E-state index is 12.5. The van der Waals surface area contributed by atoms with E-state index in [0.717, 1.165) is 12.1 Å². The summed E-state index contributed by atoms with van der Waals surface area (Å²) in [6, 6.07) is 5.25. The third kappa shape index (κ3) is 4.53. The van der Waals surface area contributed by atoms with Gasteiger partial charge in [0.05, 0.1) is 11.6 Å². The van der Waals surface area contributed by atoms with Crippen molar-refractivity contribution in [2.75, 3.05) is 11.9 Å². The van der Waals surface area contributed by atoms with Gasteiger partial charge in [0.1, 0.15) is 0 Å². The fraction of sp³-hybridized carbons (Fsp3) is 0.364. The second-order valence-electron chi connectivity index (χ2n) is 3.41. The van der Waals surface area contributed by atoms with E-state index in [-0.39, 0.29) is 5.02 Å². The van der Waals surface area contributed by atoms with Crippen molar-refractivity contribution in [2.45, 2.75) is 19.0 Å². The summed E-state index contributed by atoms with van der Waals surface area (Å²) in [5.74, 6) is 0. The van der Waals surface area contributed by atoms with Crippen LogP contribution < -0.4 is 5.32 Å². The zero-order valence-corrected chi connectivity index (χ0v) is 9.57. The van der Waals surface area contributed by atoms with E-state index in [1.54, 1.807) is 0 Å². The Morgan fingerprint density at radius 1 is 1.29 bits per heavy atom. The Morgan fingerprint density at radius 2 is 2.00 bits per heavy atom. The zero-order valence-electron chi connectivity index (χ0n) is 8.81. The van der Waals surface area contributed by atoms with Gasteiger partial charge in [0.2, 0.25) is 0 Å². The predicted octanol–water partition coefficient (Wildman–Crippen LogP) is 4.07. The van der Waals surface area contributed by atoms with Gasteiger partial charge in [-0.1, -0.05) is 11.6 Å². The number of anilines is 1. The average Bonchev–Trinajstić information content (AvgIpc) is 2.22. The van der Waals surface area contributed by atoms with Gasteiger partial charge < -0.3 is 5.32 Å². The molecule has 0 aliphatic heterocycles. The summed E-state index contributed by atoms with van der Waals surface area (Å²) in [6.07, 6.45) is -3.47. The Morgan fingerprint density at radius 3 is 2.59 bits per heavy atom. The first-order chi connectivity index (χ1) is 7.93. The van der Waals surface area contributed by atoms with E-state index in [0.29, 0.717) is 25.1 Å². The van der Waals surface area contributed by atoms with Crippen molar-refractivity contribution in [3.8, 4) is 6.07 Å². The zero-order chi connectivity index (χ0) is 12.9. The molecule has 1 aromatic rings. The van der Waals surface area contributed by atoms with E-state index in [4.69, 9.17) is 16.9 Å². The predicted molar refractivity (Wildman–Crippen MR) is 59.8 cm³/mol. The van der Waals surface area contributed by atoms with Gasteiger partial charge in [-0.25, -0.2) is 0 Å². The van der Waals surface area contributed by atoms with Crippen molar-refractivity contribution < 1.29 is 13.2 Å². The van der Waals surface area contributed by atoms with Gasteiger partial charge in [-0.15, -0.1) is 0 Å². The molecule has 0 spiro atoms. The summed E-state index contributed by atoms with van der Waals surface area (Å²) in [5, 5.41) is 11.1. The Labute approximate surface area is 102 Å². The van der Waals surface area contributed by atoms with Crippen molar-refractivity contribution in [1.29, 1.82) is 5.26 Å². The highest BCUT2D eigenvalue weighted by Crippen LogP contribution is 2.33. The van der Waals surface area contributed by atoms with E-state index in [2.05, 4.69) is 5.32 Å². The first-order valence-electron chi connectivity index (χ1n) is 4.92. The van der Waals surface area contributed by atoms with Gasteiger partial charge in [-0.05, 0) is 24.6 Å². The molecule has 1 rings (SSSR count). The van der Waals surface area contributed by atoms with Crippen LogP contribution in [0.2, 0.25) is 5.02 Å². The number of unbranched alkanes of at least 4 members (excludes halogenated alkanes) is 1. The van der Waals surface area contributed by atoms with Crippen molar-refractivity contribution >= 4 is 17.3 Å². The molecule has 1 N–H and O–H groups in total. The van der Waals surface area contributed by atoms with Crippen LogP contribution in [0.5, 0.6) is 0 Å². The topological polar surface area (TPSA) is 35.8 Å². The van der Waals surface area contributed by atoms with Crippen LogP contribution in [-0.4, -0.2) is 6.54 Å². The molecule has 0 heterocycles. The minimum absolute atomic E-state index is 0.0302. The van der Waals surface area contributed by atoms with Crippen LogP contribution >= 0.6 is 11.6 Å². The van der Waals surface area contributed by atoms with E-state index in [1.165, 1.54) is 6.07 Å². The SMILES string of the molecule is N#CCCCNc1cc(Cl)cc(C(F)(F)F)c1. The molecule has 0 atom stereocenters. The molecule has 0 amide bonds. The van der Waals surface area contributed by atoms with Crippen LogP contribution in [-0.2, 0) is 6.18 Å². The maximum atomic E-state index is 12.5. The minimum Gasteiger partial charge on any atom is -0.385 e. The minimum atomic E-state index is -4.41. The van der Waals surface area contributed by atoms with Crippen molar-refractivity contribution in [2.24, 2.45) is 0 Å². The number of halogens is 4. The number of nitrogens with one attached hydrogen (secondary N) is 1. The molecular weight excluding hydrogens is 253 g/mol. The van der Waals surface area contributed by atoms with E-state index in [1.807, 2.05) is 6.07 Å². The number of rotatable bonds is 4. The van der Waals surface area contributed by atoms with Gasteiger partial charge in [0, 0.05) is 23.7 Å². The largest absolute Gasteiger partial charge is 0.416 e. The summed E-state index contributed by atoms with van der Waals surface area (Å²) in [6.45, 7) is 0.436. The summed E-state index contributed by atoms with van der Waals surface area (Å²) < 4.78 is 37.4. The summed E-state index contributed by atoms with van der Waals surface area (Å²) in [5.41, 5.74) is -0.476. The number of alkyl halides is 3. The molecular formula is C11H10ClF3N2. The smallest absolute Gasteiger partial charge is 0.385 e. The quantitative estimate of drug-likeness (QED) is 0.830. The fourth-order valence-electron chi connectivity index (χ4n) is 1.26. The van der Waals surface area contributed by atoms with Gasteiger partial charge in [-0.3, -0.25) is 0 Å². The highest BCUT2D eigenvalue weighted by Gasteiger charge is 2.31. The van der Waals surface area contributed by atoms with Crippen molar-refractivity contribution in [3.63, 3.8) is 0 Å². The molecule has 0 unspecified atom stereocenters. The monoisotopic (exact) mass is 262 g/mol. The molecule has 2 nitrogen and oxygen atoms in total. The second-order valence-corrected chi connectivity index (χ2v) is 3.85. The van der Waals surface area contributed by atoms with Gasteiger partial charge in [-0.2, -0.15) is 18.4 Å². The Hall–Kier alpha value is -1.41. The highest BCUT2D eigenvalue weighted by atomic mass is 35.5. The van der Waals surface area contributed by atoms with Crippen LogP contribution in [0.25, 0.3) is 0 Å². The molecule has 0 aliphatic carbocycles. The standard InChI is InChI=1S/C11H10ClF3N2/c12-9-5-8(11(13,14)15)6-10(7-9)17-4-2-1-3-16/h5-7,17H,1-2,4H2. The molecule has 1 aromatic carbocycles. The number of hydrogen-bond donors (Lipinski definition) is 1. The van der Waals surface area contributed by atoms with E-state index < -0.39 is 11.7 Å². The molecule has 0 aromatic heterocycles. The molecule has 17 heavy (non-hydrogen) atoms. The maximum Gasteiger partial charge on any atom is 0.416 e. The lowest BCUT2D eigenvalue weighted by Crippen LogP contribution is -2.07. The third-order valence-corrected chi connectivity index (χ3v) is 2.24. The third-order valence-electron chi connectivity index (χ3n) is 2.02. The van der Waals surface area contributed by atoms with Crippen LogP contribution in [0, 0.1) is 11.3 Å². The number of nitriles is 1. The van der Waals surface area contributed by atoms with Gasteiger partial charge in [0.15, 0.2) is 0 Å². The molecule has 0 saturated carbocycles. The van der Waals surface area contributed by atoms with Crippen LogP contribution in [0.4, 0.5) is 18.9 Å². The van der Waals surface area contributed by atoms with Crippen LogP contribution in [0.3, 0.4) is 0 Å². The van der Waals surface area contributed by atoms with E-state index in [9.17, 15) is 13.2 Å². The van der Waals surface area contributed by atoms with Gasteiger partial charge in [0.25, 0.3) is 0 Å². The molecule has 0 saturated heterocycles. The Kier molecular flexibility index (Phi) is 4.64. The molecule has 6 heteroatoms. The van der Waals surface area contributed by atoms with Crippen LogP contribution in [0.15, 0.2) is 18.2 Å². The summed E-state index contributed by atoms with van der Waals surface area (Å²) in [7, 11) is 0. The fourth-order valence-corrected chi connectivity index (χ4v) is 1.49. The molecule has 0 bridgehead atoms. The van der Waals surface area contributed by atoms with Crippen molar-refractivity contribution in [3.05, 3.63) is 28.8 Å². The second kappa shape index (κ2) is 5.78. The summed E-state index contributed by atoms with van der Waals surface area (Å²) in [4.78, 5) is 0. The number of hydrogen-bond acceptors (Lipinski definition) is 2. The molecule has 92 valence electrons. The Balaban J connectivity index is 2.73. The molecule has 0 radical (unpaired) electrons. The normalized spacial score (nSPS) is 11.0. The number of benzene rings is 1. The average molecular weight is 263 g/mol. The lowest BCUT2D eigenvalue weighted by Gasteiger charge is -2.11. The first kappa shape index (κ1) is 13.7.